The van der Waals surface area contributed by atoms with Gasteiger partial charge in [0.25, 0.3) is 0 Å². The molecule has 2 N–H and O–H groups in total. The van der Waals surface area contributed by atoms with Crippen LogP contribution in [0.2, 0.25) is 0 Å². The molecule has 0 bridgehead atoms. The van der Waals surface area contributed by atoms with E-state index in [9.17, 15) is 5.11 Å². The van der Waals surface area contributed by atoms with Gasteiger partial charge in [0.05, 0.1) is 12.6 Å². The van der Waals surface area contributed by atoms with Gasteiger partial charge in [0.1, 0.15) is 0 Å². The molecule has 4 nitrogen and oxygen atoms in total. The van der Waals surface area contributed by atoms with Gasteiger partial charge in [-0.3, -0.25) is 4.90 Å². The van der Waals surface area contributed by atoms with Crippen molar-refractivity contribution in [3.63, 3.8) is 0 Å². The van der Waals surface area contributed by atoms with E-state index in [1.807, 2.05) is 0 Å². The van der Waals surface area contributed by atoms with Gasteiger partial charge in [-0.25, -0.2) is 0 Å². The number of hydrogen-bond acceptors (Lipinski definition) is 3. The largest absolute Gasteiger partial charge is 0.390 e. The molecule has 1 atom stereocenters. The summed E-state index contributed by atoms with van der Waals surface area (Å²) in [5, 5.41) is 15.2. The second kappa shape index (κ2) is 6.41. The van der Waals surface area contributed by atoms with Crippen molar-refractivity contribution in [2.45, 2.75) is 33.4 Å². The fourth-order valence-corrected chi connectivity index (χ4v) is 3.46. The van der Waals surface area contributed by atoms with E-state index in [4.69, 9.17) is 0 Å². The van der Waals surface area contributed by atoms with E-state index in [1.165, 1.54) is 27.7 Å². The van der Waals surface area contributed by atoms with E-state index in [0.29, 0.717) is 6.54 Å². The second-order valence-electron chi connectivity index (χ2n) is 6.55. The number of aromatic nitrogens is 1. The van der Waals surface area contributed by atoms with Gasteiger partial charge in [0.15, 0.2) is 0 Å². The van der Waals surface area contributed by atoms with E-state index < -0.39 is 0 Å². The Bertz CT molecular complexity index is 656. The van der Waals surface area contributed by atoms with Crippen LogP contribution >= 0.6 is 0 Å². The van der Waals surface area contributed by atoms with E-state index in [1.54, 1.807) is 0 Å². The lowest BCUT2D eigenvalue weighted by molar-refractivity contribution is 0.0923. The number of aliphatic hydroxyl groups excluding tert-OH is 1. The molecule has 120 valence electrons. The van der Waals surface area contributed by atoms with Gasteiger partial charge in [0, 0.05) is 49.3 Å². The number of nitrogens with one attached hydrogen (secondary N) is 1. The molecular weight excluding hydrogens is 274 g/mol. The van der Waals surface area contributed by atoms with Crippen LogP contribution in [0.4, 0.5) is 0 Å². The number of β-amino-alcohol motifs (C(OH)–C–C–N with tert-alkyl or cyclic N) is 1. The van der Waals surface area contributed by atoms with Gasteiger partial charge in [-0.05, 0) is 38.5 Å². The Kier molecular flexibility index (Phi) is 4.52. The highest BCUT2D eigenvalue weighted by Gasteiger charge is 2.17. The molecule has 1 fully saturated rings. The smallest absolute Gasteiger partial charge is 0.0845 e. The summed E-state index contributed by atoms with van der Waals surface area (Å²) < 4.78 is 2.27. The first-order chi connectivity index (χ1) is 10.6. The number of benzene rings is 1. The number of fused-ring (bicyclic) bond motifs is 1. The maximum atomic E-state index is 10.5. The van der Waals surface area contributed by atoms with Crippen molar-refractivity contribution in [3.05, 3.63) is 35.0 Å². The fourth-order valence-electron chi connectivity index (χ4n) is 3.46. The number of rotatable bonds is 4. The summed E-state index contributed by atoms with van der Waals surface area (Å²) >= 11 is 0. The molecule has 1 aromatic heterocycles. The SMILES string of the molecule is Cc1ccc2c(c1)c(C)c(C)n2CC(O)CN1CCNCC1. The van der Waals surface area contributed by atoms with E-state index in [2.05, 4.69) is 53.8 Å². The van der Waals surface area contributed by atoms with Crippen LogP contribution in [-0.4, -0.2) is 53.4 Å². The molecule has 1 saturated heterocycles. The maximum absolute atomic E-state index is 10.5. The normalized spacial score (nSPS) is 18.0. The quantitative estimate of drug-likeness (QED) is 0.905. The summed E-state index contributed by atoms with van der Waals surface area (Å²) in [6.07, 6.45) is -0.326. The van der Waals surface area contributed by atoms with E-state index in [0.717, 1.165) is 32.7 Å². The lowest BCUT2D eigenvalue weighted by atomic mass is 10.1. The zero-order valence-corrected chi connectivity index (χ0v) is 13.9. The molecule has 1 aromatic carbocycles. The molecule has 0 amide bonds. The summed E-state index contributed by atoms with van der Waals surface area (Å²) in [6.45, 7) is 12.0. The molecule has 3 rings (SSSR count). The van der Waals surface area contributed by atoms with Crippen molar-refractivity contribution in [3.8, 4) is 0 Å². The van der Waals surface area contributed by atoms with Crippen molar-refractivity contribution in [2.24, 2.45) is 0 Å². The monoisotopic (exact) mass is 301 g/mol. The average molecular weight is 301 g/mol. The zero-order chi connectivity index (χ0) is 15.7. The van der Waals surface area contributed by atoms with Crippen LogP contribution in [0.3, 0.4) is 0 Å². The highest BCUT2D eigenvalue weighted by Crippen LogP contribution is 2.26. The van der Waals surface area contributed by atoms with Gasteiger partial charge in [-0.15, -0.1) is 0 Å². The van der Waals surface area contributed by atoms with E-state index >= 15 is 0 Å². The summed E-state index contributed by atoms with van der Waals surface area (Å²) in [6, 6.07) is 6.58. The number of aryl methyl sites for hydroxylation is 2. The lowest BCUT2D eigenvalue weighted by Gasteiger charge is -2.29. The first-order valence-corrected chi connectivity index (χ1v) is 8.23. The van der Waals surface area contributed by atoms with Gasteiger partial charge < -0.3 is 15.0 Å². The molecular formula is C18H27N3O. The standard InChI is InChI=1S/C18H27N3O/c1-13-4-5-18-17(10-13)14(2)15(3)21(18)12-16(22)11-20-8-6-19-7-9-20/h4-5,10,16,19,22H,6-9,11-12H2,1-3H3. The third-order valence-electron chi connectivity index (χ3n) is 4.87. The number of piperazine rings is 1. The molecule has 1 aliphatic rings. The zero-order valence-electron chi connectivity index (χ0n) is 13.9. The molecule has 0 saturated carbocycles. The van der Waals surface area contributed by atoms with Gasteiger partial charge >= 0.3 is 0 Å². The molecule has 1 unspecified atom stereocenters. The Balaban J connectivity index is 1.79. The Hall–Kier alpha value is -1.36. The molecule has 0 aliphatic carbocycles. The minimum Gasteiger partial charge on any atom is -0.390 e. The number of nitrogens with zero attached hydrogens (tertiary/aromatic N) is 2. The van der Waals surface area contributed by atoms with Crippen LogP contribution in [-0.2, 0) is 6.54 Å². The van der Waals surface area contributed by atoms with Crippen LogP contribution in [0, 0.1) is 20.8 Å². The minimum atomic E-state index is -0.326. The average Bonchev–Trinajstić information content (AvgIpc) is 2.73. The fraction of sp³-hybridized carbons (Fsp3) is 0.556. The second-order valence-corrected chi connectivity index (χ2v) is 6.55. The summed E-state index contributed by atoms with van der Waals surface area (Å²) in [7, 11) is 0. The van der Waals surface area contributed by atoms with E-state index in [-0.39, 0.29) is 6.10 Å². The lowest BCUT2D eigenvalue weighted by Crippen LogP contribution is -2.46. The van der Waals surface area contributed by atoms with Crippen molar-refractivity contribution >= 4 is 10.9 Å². The Morgan fingerprint density at radius 1 is 1.14 bits per heavy atom. The summed E-state index contributed by atoms with van der Waals surface area (Å²) in [5.74, 6) is 0. The van der Waals surface area contributed by atoms with Gasteiger partial charge in [0.2, 0.25) is 0 Å². The molecule has 1 aliphatic heterocycles. The van der Waals surface area contributed by atoms with Gasteiger partial charge in [-0.2, -0.15) is 0 Å². The Morgan fingerprint density at radius 2 is 1.86 bits per heavy atom. The van der Waals surface area contributed by atoms with Crippen molar-refractivity contribution in [1.82, 2.24) is 14.8 Å². The van der Waals surface area contributed by atoms with Crippen LogP contribution in [0.1, 0.15) is 16.8 Å². The van der Waals surface area contributed by atoms with Crippen molar-refractivity contribution < 1.29 is 5.11 Å². The molecule has 4 heteroatoms. The van der Waals surface area contributed by atoms with Crippen LogP contribution in [0.5, 0.6) is 0 Å². The predicted molar refractivity (Wildman–Crippen MR) is 91.5 cm³/mol. The predicted octanol–water partition coefficient (Wildman–Crippen LogP) is 1.83. The summed E-state index contributed by atoms with van der Waals surface area (Å²) in [4.78, 5) is 2.35. The first-order valence-electron chi connectivity index (χ1n) is 8.23. The van der Waals surface area contributed by atoms with Gasteiger partial charge in [-0.1, -0.05) is 11.6 Å². The maximum Gasteiger partial charge on any atom is 0.0845 e. The van der Waals surface area contributed by atoms with Crippen molar-refractivity contribution in [2.75, 3.05) is 32.7 Å². The van der Waals surface area contributed by atoms with Crippen molar-refractivity contribution in [1.29, 1.82) is 0 Å². The molecule has 22 heavy (non-hydrogen) atoms. The first kappa shape index (κ1) is 15.5. The number of hydrogen-bond donors (Lipinski definition) is 2. The van der Waals surface area contributed by atoms with Crippen LogP contribution in [0.15, 0.2) is 18.2 Å². The third-order valence-corrected chi connectivity index (χ3v) is 4.87. The topological polar surface area (TPSA) is 40.4 Å². The number of aliphatic hydroxyl groups is 1. The van der Waals surface area contributed by atoms with Crippen LogP contribution in [0.25, 0.3) is 10.9 Å². The molecule has 2 heterocycles. The minimum absolute atomic E-state index is 0.326. The Morgan fingerprint density at radius 3 is 2.59 bits per heavy atom. The van der Waals surface area contributed by atoms with Crippen LogP contribution < -0.4 is 5.32 Å². The highest BCUT2D eigenvalue weighted by molar-refractivity contribution is 5.85. The molecule has 2 aromatic rings. The molecule has 0 spiro atoms. The molecule has 0 radical (unpaired) electrons. The third kappa shape index (κ3) is 3.05. The highest BCUT2D eigenvalue weighted by atomic mass is 16.3. The summed E-state index contributed by atoms with van der Waals surface area (Å²) in [5.41, 5.74) is 5.11. The Labute approximate surface area is 132 Å².